The summed E-state index contributed by atoms with van der Waals surface area (Å²) in [7, 11) is 0. The van der Waals surface area contributed by atoms with Crippen molar-refractivity contribution in [2.45, 2.75) is 12.8 Å². The van der Waals surface area contributed by atoms with E-state index in [-0.39, 0.29) is 22.2 Å². The Morgan fingerprint density at radius 2 is 2.35 bits per heavy atom. The monoisotopic (exact) mass is 298 g/mol. The highest BCUT2D eigenvalue weighted by atomic mass is 35.5. The van der Waals surface area contributed by atoms with E-state index in [0.29, 0.717) is 13.2 Å². The van der Waals surface area contributed by atoms with Gasteiger partial charge in [0, 0.05) is 19.2 Å². The minimum Gasteiger partial charge on any atom is -0.381 e. The first-order valence-corrected chi connectivity index (χ1v) is 6.76. The zero-order chi connectivity index (χ0) is 14.5. The number of hydrogen-bond donors (Lipinski definition) is 1. The fourth-order valence-corrected chi connectivity index (χ4v) is 2.42. The molecule has 1 aromatic rings. The smallest absolute Gasteiger partial charge is 0.288 e. The van der Waals surface area contributed by atoms with Crippen LogP contribution in [0.15, 0.2) is 18.2 Å². The quantitative estimate of drug-likeness (QED) is 0.683. The molecule has 1 amide bonds. The number of ether oxygens (including phenoxy) is 1. The molecular weight excluding hydrogens is 284 g/mol. The van der Waals surface area contributed by atoms with Crippen LogP contribution in [0.1, 0.15) is 23.2 Å². The van der Waals surface area contributed by atoms with Gasteiger partial charge in [0.15, 0.2) is 0 Å². The highest BCUT2D eigenvalue weighted by Crippen LogP contribution is 2.27. The maximum absolute atomic E-state index is 12.0. The lowest BCUT2D eigenvalue weighted by Crippen LogP contribution is -2.33. The Kier molecular flexibility index (Phi) is 4.92. The first-order valence-electron chi connectivity index (χ1n) is 6.38. The molecule has 6 nitrogen and oxygen atoms in total. The third-order valence-electron chi connectivity index (χ3n) is 3.23. The van der Waals surface area contributed by atoms with Crippen molar-refractivity contribution in [3.63, 3.8) is 0 Å². The molecule has 0 radical (unpaired) electrons. The number of carbonyl (C=O) groups excluding carboxylic acids is 1. The Morgan fingerprint density at radius 3 is 3.00 bits per heavy atom. The van der Waals surface area contributed by atoms with E-state index < -0.39 is 10.8 Å². The summed E-state index contributed by atoms with van der Waals surface area (Å²) < 4.78 is 5.33. The second-order valence-corrected chi connectivity index (χ2v) is 5.07. The molecule has 1 aliphatic heterocycles. The number of rotatable bonds is 4. The van der Waals surface area contributed by atoms with Crippen molar-refractivity contribution >= 4 is 23.2 Å². The van der Waals surface area contributed by atoms with Crippen LogP contribution in [-0.2, 0) is 4.74 Å². The topological polar surface area (TPSA) is 81.5 Å². The molecule has 2 rings (SSSR count). The van der Waals surface area contributed by atoms with Crippen LogP contribution in [-0.4, -0.2) is 30.6 Å². The Morgan fingerprint density at radius 1 is 1.55 bits per heavy atom. The molecule has 0 saturated carbocycles. The second kappa shape index (κ2) is 6.67. The average Bonchev–Trinajstić information content (AvgIpc) is 2.46. The summed E-state index contributed by atoms with van der Waals surface area (Å²) in [5, 5.41) is 13.4. The molecule has 1 atom stereocenters. The number of nitrogens with one attached hydrogen (secondary N) is 1. The number of halogens is 1. The van der Waals surface area contributed by atoms with Gasteiger partial charge in [0.2, 0.25) is 0 Å². The molecule has 0 aromatic heterocycles. The van der Waals surface area contributed by atoms with Crippen molar-refractivity contribution in [1.82, 2.24) is 5.32 Å². The first-order chi connectivity index (χ1) is 9.59. The number of benzene rings is 1. The molecule has 0 bridgehead atoms. The van der Waals surface area contributed by atoms with E-state index in [1.165, 1.54) is 18.2 Å². The van der Waals surface area contributed by atoms with Crippen LogP contribution in [0.4, 0.5) is 5.69 Å². The van der Waals surface area contributed by atoms with Gasteiger partial charge in [0.1, 0.15) is 5.02 Å². The van der Waals surface area contributed by atoms with Gasteiger partial charge in [0.25, 0.3) is 11.6 Å². The third-order valence-corrected chi connectivity index (χ3v) is 3.62. The normalized spacial score (nSPS) is 18.6. The minimum atomic E-state index is -0.603. The average molecular weight is 299 g/mol. The van der Waals surface area contributed by atoms with Gasteiger partial charge in [0.05, 0.1) is 17.1 Å². The zero-order valence-corrected chi connectivity index (χ0v) is 11.6. The molecule has 1 aliphatic rings. The Balaban J connectivity index is 2.01. The molecule has 20 heavy (non-hydrogen) atoms. The van der Waals surface area contributed by atoms with Crippen molar-refractivity contribution in [3.8, 4) is 0 Å². The SMILES string of the molecule is O=C(NCC1CCCOC1)c1cccc([N+](=O)[O-])c1Cl. The fourth-order valence-electron chi connectivity index (χ4n) is 2.14. The van der Waals surface area contributed by atoms with Crippen LogP contribution in [0, 0.1) is 16.0 Å². The summed E-state index contributed by atoms with van der Waals surface area (Å²) in [6.45, 7) is 1.88. The van der Waals surface area contributed by atoms with Gasteiger partial charge < -0.3 is 10.1 Å². The summed E-state index contributed by atoms with van der Waals surface area (Å²) in [6, 6.07) is 4.19. The van der Waals surface area contributed by atoms with E-state index >= 15 is 0 Å². The van der Waals surface area contributed by atoms with Gasteiger partial charge in [-0.15, -0.1) is 0 Å². The molecule has 0 spiro atoms. The summed E-state index contributed by atoms with van der Waals surface area (Å²) in [5.74, 6) is -0.116. The summed E-state index contributed by atoms with van der Waals surface area (Å²) in [6.07, 6.45) is 1.99. The molecule has 0 aliphatic carbocycles. The Bertz CT molecular complexity index is 515. The second-order valence-electron chi connectivity index (χ2n) is 4.69. The predicted octanol–water partition coefficient (Wildman–Crippen LogP) is 2.40. The van der Waals surface area contributed by atoms with Crippen molar-refractivity contribution in [2.75, 3.05) is 19.8 Å². The van der Waals surface area contributed by atoms with E-state index in [9.17, 15) is 14.9 Å². The molecular formula is C13H15ClN2O4. The Labute approximate surface area is 121 Å². The van der Waals surface area contributed by atoms with E-state index in [4.69, 9.17) is 16.3 Å². The summed E-state index contributed by atoms with van der Waals surface area (Å²) in [5.41, 5.74) is -0.141. The molecule has 1 unspecified atom stereocenters. The maximum atomic E-state index is 12.0. The van der Waals surface area contributed by atoms with Crippen molar-refractivity contribution < 1.29 is 14.5 Å². The van der Waals surface area contributed by atoms with Crippen LogP contribution in [0.25, 0.3) is 0 Å². The van der Waals surface area contributed by atoms with Gasteiger partial charge in [-0.3, -0.25) is 14.9 Å². The highest BCUT2D eigenvalue weighted by Gasteiger charge is 2.21. The number of nitro benzene ring substituents is 1. The largest absolute Gasteiger partial charge is 0.381 e. The lowest BCUT2D eigenvalue weighted by atomic mass is 10.0. The zero-order valence-electron chi connectivity index (χ0n) is 10.8. The minimum absolute atomic E-state index is 0.123. The van der Waals surface area contributed by atoms with Crippen LogP contribution in [0.3, 0.4) is 0 Å². The van der Waals surface area contributed by atoms with Crippen molar-refractivity contribution in [2.24, 2.45) is 5.92 Å². The molecule has 1 aromatic carbocycles. The van der Waals surface area contributed by atoms with Crippen LogP contribution in [0.5, 0.6) is 0 Å². The third kappa shape index (κ3) is 3.46. The van der Waals surface area contributed by atoms with Crippen LogP contribution >= 0.6 is 11.6 Å². The molecule has 1 fully saturated rings. The number of nitrogens with zero attached hydrogens (tertiary/aromatic N) is 1. The Hall–Kier alpha value is -1.66. The highest BCUT2D eigenvalue weighted by molar-refractivity contribution is 6.35. The fraction of sp³-hybridized carbons (Fsp3) is 0.462. The lowest BCUT2D eigenvalue weighted by Gasteiger charge is -2.22. The molecule has 1 saturated heterocycles. The molecule has 1 N–H and O–H groups in total. The first kappa shape index (κ1) is 14.7. The number of hydrogen-bond acceptors (Lipinski definition) is 4. The maximum Gasteiger partial charge on any atom is 0.288 e. The van der Waals surface area contributed by atoms with Gasteiger partial charge in [-0.1, -0.05) is 17.7 Å². The standard InChI is InChI=1S/C13H15ClN2O4/c14-12-10(4-1-5-11(12)16(18)19)13(17)15-7-9-3-2-6-20-8-9/h1,4-5,9H,2-3,6-8H2,(H,15,17). The number of carbonyl (C=O) groups is 1. The van der Waals surface area contributed by atoms with Gasteiger partial charge in [-0.05, 0) is 24.8 Å². The number of amides is 1. The van der Waals surface area contributed by atoms with Gasteiger partial charge in [-0.2, -0.15) is 0 Å². The lowest BCUT2D eigenvalue weighted by molar-refractivity contribution is -0.384. The van der Waals surface area contributed by atoms with Gasteiger partial charge in [-0.25, -0.2) is 0 Å². The van der Waals surface area contributed by atoms with E-state index in [1.54, 1.807) is 0 Å². The molecule has 108 valence electrons. The van der Waals surface area contributed by atoms with Gasteiger partial charge >= 0.3 is 0 Å². The molecule has 7 heteroatoms. The summed E-state index contributed by atoms with van der Waals surface area (Å²) in [4.78, 5) is 22.2. The van der Waals surface area contributed by atoms with Crippen molar-refractivity contribution in [3.05, 3.63) is 38.9 Å². The van der Waals surface area contributed by atoms with E-state index in [2.05, 4.69) is 5.32 Å². The number of nitro groups is 1. The van der Waals surface area contributed by atoms with Crippen LogP contribution < -0.4 is 5.32 Å². The predicted molar refractivity (Wildman–Crippen MR) is 74.0 cm³/mol. The van der Waals surface area contributed by atoms with E-state index in [1.807, 2.05) is 0 Å². The van der Waals surface area contributed by atoms with Crippen molar-refractivity contribution in [1.29, 1.82) is 0 Å². The van der Waals surface area contributed by atoms with E-state index in [0.717, 1.165) is 19.4 Å². The molecule has 1 heterocycles. The summed E-state index contributed by atoms with van der Waals surface area (Å²) >= 11 is 5.89. The van der Waals surface area contributed by atoms with Crippen LogP contribution in [0.2, 0.25) is 5.02 Å².